The number of hydrogen-bond donors (Lipinski definition) is 2. The number of rotatable bonds is 8. The van der Waals surface area contributed by atoms with E-state index in [-0.39, 0.29) is 12.3 Å². The van der Waals surface area contributed by atoms with Crippen molar-refractivity contribution < 1.29 is 19.4 Å². The van der Waals surface area contributed by atoms with E-state index in [0.29, 0.717) is 26.1 Å². The quantitative estimate of drug-likeness (QED) is 0.744. The number of nitrogens with zero attached hydrogens (tertiary/aromatic N) is 1. The molecule has 6 heteroatoms. The number of morpholine rings is 1. The smallest absolute Gasteiger partial charge is 0.303 e. The fourth-order valence-corrected chi connectivity index (χ4v) is 3.12. The molecule has 0 radical (unpaired) electrons. The molecule has 1 fully saturated rings. The average molecular weight is 334 g/mol. The highest BCUT2D eigenvalue weighted by molar-refractivity contribution is 5.86. The van der Waals surface area contributed by atoms with Crippen molar-refractivity contribution in [2.75, 3.05) is 32.8 Å². The third-order valence-corrected chi connectivity index (χ3v) is 4.80. The molecule has 0 aromatic heterocycles. The molecule has 0 bridgehead atoms. The number of ether oxygens (including phenoxy) is 1. The first-order valence-corrected chi connectivity index (χ1v) is 8.33. The number of carbonyl (C=O) groups excluding carboxylic acids is 1. The molecule has 0 aliphatic carbocycles. The second kappa shape index (κ2) is 8.26. The molecule has 1 aromatic rings. The number of hydrogen-bond acceptors (Lipinski definition) is 4. The van der Waals surface area contributed by atoms with Crippen molar-refractivity contribution in [3.63, 3.8) is 0 Å². The first-order valence-electron chi connectivity index (χ1n) is 8.33. The zero-order valence-corrected chi connectivity index (χ0v) is 14.2. The van der Waals surface area contributed by atoms with Crippen LogP contribution in [0.25, 0.3) is 0 Å². The van der Waals surface area contributed by atoms with Gasteiger partial charge in [0.05, 0.1) is 18.6 Å². The highest BCUT2D eigenvalue weighted by Crippen LogP contribution is 2.31. The number of benzene rings is 1. The Hall–Kier alpha value is -1.92. The minimum atomic E-state index is -0.848. The highest BCUT2D eigenvalue weighted by atomic mass is 16.5. The molecule has 1 atom stereocenters. The molecule has 132 valence electrons. The zero-order chi connectivity index (χ0) is 17.6. The van der Waals surface area contributed by atoms with Crippen LogP contribution in [0.1, 0.15) is 30.9 Å². The molecular formula is C18H26N2O4. The van der Waals surface area contributed by atoms with Crippen LogP contribution in [0.2, 0.25) is 0 Å². The van der Waals surface area contributed by atoms with E-state index in [4.69, 9.17) is 15.6 Å². The number of nitrogens with two attached hydrogens (primary N) is 1. The van der Waals surface area contributed by atoms with E-state index >= 15 is 0 Å². The molecule has 2 rings (SSSR count). The van der Waals surface area contributed by atoms with Gasteiger partial charge in [0.25, 0.3) is 0 Å². The number of aryl methyl sites for hydroxylation is 1. The second-order valence-corrected chi connectivity index (χ2v) is 6.45. The van der Waals surface area contributed by atoms with Crippen LogP contribution in [0, 0.1) is 0 Å². The van der Waals surface area contributed by atoms with E-state index in [0.717, 1.165) is 30.8 Å². The third kappa shape index (κ3) is 4.55. The maximum atomic E-state index is 12.2. The van der Waals surface area contributed by atoms with Crippen LogP contribution >= 0.6 is 0 Å². The second-order valence-electron chi connectivity index (χ2n) is 6.45. The van der Waals surface area contributed by atoms with Gasteiger partial charge in [-0.15, -0.1) is 0 Å². The standard InChI is InChI=1S/C18H26N2O4/c1-18(17(19)23,8-9-20-10-12-24-13-11-20)15-5-3-2-4-14(15)6-7-16(21)22/h2-5H,6-13H2,1H3,(H2,19,23)(H,21,22). The van der Waals surface area contributed by atoms with Gasteiger partial charge < -0.3 is 15.6 Å². The van der Waals surface area contributed by atoms with Crippen molar-refractivity contribution in [3.05, 3.63) is 35.4 Å². The zero-order valence-electron chi connectivity index (χ0n) is 14.2. The Kier molecular flexibility index (Phi) is 6.34. The fourth-order valence-electron chi connectivity index (χ4n) is 3.12. The maximum Gasteiger partial charge on any atom is 0.303 e. The van der Waals surface area contributed by atoms with Gasteiger partial charge in [-0.1, -0.05) is 24.3 Å². The molecule has 1 saturated heterocycles. The topological polar surface area (TPSA) is 92.9 Å². The van der Waals surface area contributed by atoms with Crippen molar-refractivity contribution in [3.8, 4) is 0 Å². The molecule has 1 aliphatic rings. The maximum absolute atomic E-state index is 12.2. The molecule has 0 saturated carbocycles. The molecule has 3 N–H and O–H groups in total. The summed E-state index contributed by atoms with van der Waals surface area (Å²) in [5.41, 5.74) is 6.65. The summed E-state index contributed by atoms with van der Waals surface area (Å²) in [5, 5.41) is 8.94. The summed E-state index contributed by atoms with van der Waals surface area (Å²) in [6.07, 6.45) is 1.04. The average Bonchev–Trinajstić information content (AvgIpc) is 2.59. The monoisotopic (exact) mass is 334 g/mol. The lowest BCUT2D eigenvalue weighted by molar-refractivity contribution is -0.137. The molecule has 1 amide bonds. The largest absolute Gasteiger partial charge is 0.481 e. The number of carboxylic acids is 1. The van der Waals surface area contributed by atoms with Crippen molar-refractivity contribution >= 4 is 11.9 Å². The van der Waals surface area contributed by atoms with Gasteiger partial charge in [0.15, 0.2) is 0 Å². The van der Waals surface area contributed by atoms with Gasteiger partial charge in [-0.3, -0.25) is 14.5 Å². The Balaban J connectivity index is 2.18. The summed E-state index contributed by atoms with van der Waals surface area (Å²) in [4.78, 5) is 25.4. The molecule has 0 spiro atoms. The summed E-state index contributed by atoms with van der Waals surface area (Å²) in [6, 6.07) is 7.51. The van der Waals surface area contributed by atoms with Crippen LogP contribution in [-0.4, -0.2) is 54.7 Å². The van der Waals surface area contributed by atoms with E-state index < -0.39 is 11.4 Å². The SMILES string of the molecule is CC(CCN1CCOCC1)(C(N)=O)c1ccccc1CCC(=O)O. The Morgan fingerprint density at radius 1 is 1.29 bits per heavy atom. The first kappa shape index (κ1) is 18.4. The lowest BCUT2D eigenvalue weighted by Crippen LogP contribution is -2.44. The predicted molar refractivity (Wildman–Crippen MR) is 90.8 cm³/mol. The van der Waals surface area contributed by atoms with Crippen molar-refractivity contribution in [2.45, 2.75) is 31.6 Å². The third-order valence-electron chi connectivity index (χ3n) is 4.80. The number of amides is 1. The van der Waals surface area contributed by atoms with Crippen LogP contribution < -0.4 is 5.73 Å². The van der Waals surface area contributed by atoms with Gasteiger partial charge >= 0.3 is 5.97 Å². The molecule has 1 aromatic carbocycles. The Bertz CT molecular complexity index is 584. The van der Waals surface area contributed by atoms with Crippen LogP contribution in [0.3, 0.4) is 0 Å². The summed E-state index contributed by atoms with van der Waals surface area (Å²) in [6.45, 7) is 5.75. The van der Waals surface area contributed by atoms with Gasteiger partial charge in [0.2, 0.25) is 5.91 Å². The molecule has 6 nitrogen and oxygen atoms in total. The molecular weight excluding hydrogens is 308 g/mol. The molecule has 1 aliphatic heterocycles. The first-order chi connectivity index (χ1) is 11.4. The van der Waals surface area contributed by atoms with Crippen molar-refractivity contribution in [2.24, 2.45) is 5.73 Å². The Morgan fingerprint density at radius 2 is 1.96 bits per heavy atom. The number of carbonyl (C=O) groups is 2. The normalized spacial score (nSPS) is 18.0. The van der Waals surface area contributed by atoms with E-state index in [1.165, 1.54) is 0 Å². The summed E-state index contributed by atoms with van der Waals surface area (Å²) < 4.78 is 5.35. The Labute approximate surface area is 142 Å². The van der Waals surface area contributed by atoms with Gasteiger partial charge in [0.1, 0.15) is 0 Å². The van der Waals surface area contributed by atoms with E-state index in [1.54, 1.807) is 0 Å². The number of aliphatic carboxylic acids is 1. The lowest BCUT2D eigenvalue weighted by Gasteiger charge is -2.33. The van der Waals surface area contributed by atoms with Gasteiger partial charge in [-0.05, 0) is 37.4 Å². The fraction of sp³-hybridized carbons (Fsp3) is 0.556. The molecule has 1 heterocycles. The van der Waals surface area contributed by atoms with E-state index in [1.807, 2.05) is 31.2 Å². The number of carboxylic acid groups (broad SMARTS) is 1. The van der Waals surface area contributed by atoms with Crippen LogP contribution in [0.15, 0.2) is 24.3 Å². The van der Waals surface area contributed by atoms with Crippen LogP contribution in [-0.2, 0) is 26.2 Å². The molecule has 1 unspecified atom stereocenters. The summed E-state index contributed by atoms with van der Waals surface area (Å²) in [5.74, 6) is -1.22. The van der Waals surface area contributed by atoms with E-state index in [9.17, 15) is 9.59 Å². The van der Waals surface area contributed by atoms with Gasteiger partial charge in [-0.2, -0.15) is 0 Å². The van der Waals surface area contributed by atoms with Crippen molar-refractivity contribution in [1.29, 1.82) is 0 Å². The summed E-state index contributed by atoms with van der Waals surface area (Å²) >= 11 is 0. The minimum absolute atomic E-state index is 0.0370. The highest BCUT2D eigenvalue weighted by Gasteiger charge is 2.35. The van der Waals surface area contributed by atoms with Gasteiger partial charge in [-0.25, -0.2) is 0 Å². The van der Waals surface area contributed by atoms with Gasteiger partial charge in [0, 0.05) is 19.5 Å². The minimum Gasteiger partial charge on any atom is -0.481 e. The number of primary amides is 1. The van der Waals surface area contributed by atoms with Crippen LogP contribution in [0.5, 0.6) is 0 Å². The Morgan fingerprint density at radius 3 is 2.58 bits per heavy atom. The van der Waals surface area contributed by atoms with Crippen LogP contribution in [0.4, 0.5) is 0 Å². The predicted octanol–water partition coefficient (Wildman–Crippen LogP) is 1.17. The molecule has 24 heavy (non-hydrogen) atoms. The summed E-state index contributed by atoms with van der Waals surface area (Å²) in [7, 11) is 0. The van der Waals surface area contributed by atoms with Crippen molar-refractivity contribution in [1.82, 2.24) is 4.90 Å². The van der Waals surface area contributed by atoms with E-state index in [2.05, 4.69) is 4.90 Å². The lowest BCUT2D eigenvalue weighted by atomic mass is 9.75.